The molecule has 2 heteroatoms. The lowest BCUT2D eigenvalue weighted by molar-refractivity contribution is -0.117. The van der Waals surface area contributed by atoms with Crippen LogP contribution >= 0.6 is 0 Å². The summed E-state index contributed by atoms with van der Waals surface area (Å²) in [7, 11) is 0. The maximum absolute atomic E-state index is 10.2. The minimum atomic E-state index is 0.273. The van der Waals surface area contributed by atoms with Crippen molar-refractivity contribution in [3.05, 3.63) is 12.2 Å². The molecule has 1 rings (SSSR count). The Morgan fingerprint density at radius 3 is 2.33 bits per heavy atom. The van der Waals surface area contributed by atoms with Gasteiger partial charge in [0, 0.05) is 12.8 Å². The second-order valence-corrected chi connectivity index (χ2v) is 2.86. The van der Waals surface area contributed by atoms with Crippen LogP contribution in [0, 0.1) is 0 Å². The van der Waals surface area contributed by atoms with E-state index in [0.717, 1.165) is 25.7 Å². The third-order valence-corrected chi connectivity index (χ3v) is 1.46. The van der Waals surface area contributed by atoms with Gasteiger partial charge in [0.2, 0.25) is 0 Å². The second-order valence-electron chi connectivity index (χ2n) is 2.86. The number of carbonyl (C=O) groups is 2. The van der Waals surface area contributed by atoms with Crippen molar-refractivity contribution in [2.45, 2.75) is 39.5 Å². The Bertz CT molecular complexity index is 180. The maximum atomic E-state index is 10.2. The smallest absolute Gasteiger partial charge is 0.155 e. The van der Waals surface area contributed by atoms with Gasteiger partial charge in [-0.1, -0.05) is 13.0 Å². The van der Waals surface area contributed by atoms with Gasteiger partial charge in [-0.15, -0.1) is 0 Å². The SMILES string of the molecule is CCCC(C)=O.O=C1C=CCC1. The van der Waals surface area contributed by atoms with Gasteiger partial charge in [-0.3, -0.25) is 4.79 Å². The fourth-order valence-electron chi connectivity index (χ4n) is 0.876. The van der Waals surface area contributed by atoms with Crippen molar-refractivity contribution in [2.75, 3.05) is 0 Å². The van der Waals surface area contributed by atoms with Crippen molar-refractivity contribution in [2.24, 2.45) is 0 Å². The quantitative estimate of drug-likeness (QED) is 0.634. The molecule has 0 aromatic heterocycles. The minimum absolute atomic E-state index is 0.273. The highest BCUT2D eigenvalue weighted by Gasteiger charge is 1.98. The van der Waals surface area contributed by atoms with Crippen LogP contribution in [0.4, 0.5) is 0 Å². The predicted octanol–water partition coefficient (Wildman–Crippen LogP) is 2.28. The lowest BCUT2D eigenvalue weighted by atomic mass is 10.3. The number of rotatable bonds is 2. The molecule has 0 aromatic rings. The molecule has 68 valence electrons. The van der Waals surface area contributed by atoms with E-state index in [1.54, 1.807) is 13.0 Å². The van der Waals surface area contributed by atoms with Gasteiger partial charge in [0.25, 0.3) is 0 Å². The van der Waals surface area contributed by atoms with Gasteiger partial charge < -0.3 is 4.79 Å². The standard InChI is InChI=1S/C5H6O.C5H10O/c6-5-3-1-2-4-5;1-3-4-5(2)6/h1,3H,2,4H2;3-4H2,1-2H3. The third kappa shape index (κ3) is 7.19. The first kappa shape index (κ1) is 11.1. The average molecular weight is 168 g/mol. The van der Waals surface area contributed by atoms with Gasteiger partial charge in [0.1, 0.15) is 5.78 Å². The largest absolute Gasteiger partial charge is 0.300 e. The highest BCUT2D eigenvalue weighted by atomic mass is 16.1. The molecule has 0 amide bonds. The van der Waals surface area contributed by atoms with Gasteiger partial charge in [-0.25, -0.2) is 0 Å². The zero-order chi connectivity index (χ0) is 9.40. The number of Topliss-reactive ketones (excluding diaryl/α,β-unsaturated/α-hetero) is 1. The van der Waals surface area contributed by atoms with E-state index in [0.29, 0.717) is 0 Å². The monoisotopic (exact) mass is 168 g/mol. The van der Waals surface area contributed by atoms with Crippen LogP contribution in [0.5, 0.6) is 0 Å². The van der Waals surface area contributed by atoms with Crippen molar-refractivity contribution in [1.29, 1.82) is 0 Å². The Labute approximate surface area is 73.7 Å². The van der Waals surface area contributed by atoms with Crippen molar-refractivity contribution in [1.82, 2.24) is 0 Å². The van der Waals surface area contributed by atoms with Crippen molar-refractivity contribution >= 4 is 11.6 Å². The Kier molecular flexibility index (Phi) is 6.25. The first-order valence-electron chi connectivity index (χ1n) is 4.35. The minimum Gasteiger partial charge on any atom is -0.300 e. The molecule has 0 radical (unpaired) electrons. The summed E-state index contributed by atoms with van der Waals surface area (Å²) in [6.45, 7) is 3.62. The highest BCUT2D eigenvalue weighted by Crippen LogP contribution is 2.01. The van der Waals surface area contributed by atoms with Crippen LogP contribution in [0.1, 0.15) is 39.5 Å². The molecule has 0 saturated carbocycles. The van der Waals surface area contributed by atoms with Crippen LogP contribution in [-0.2, 0) is 9.59 Å². The molecule has 0 heterocycles. The Morgan fingerprint density at radius 2 is 2.25 bits per heavy atom. The maximum Gasteiger partial charge on any atom is 0.155 e. The first-order valence-corrected chi connectivity index (χ1v) is 4.35. The summed E-state index contributed by atoms with van der Waals surface area (Å²) in [6.07, 6.45) is 6.95. The fourth-order valence-corrected chi connectivity index (χ4v) is 0.876. The molecule has 0 fully saturated rings. The van der Waals surface area contributed by atoms with Crippen LogP contribution in [0.15, 0.2) is 12.2 Å². The van der Waals surface area contributed by atoms with Crippen LogP contribution < -0.4 is 0 Å². The summed E-state index contributed by atoms with van der Waals surface area (Å²) < 4.78 is 0. The summed E-state index contributed by atoms with van der Waals surface area (Å²) in [6, 6.07) is 0. The van der Waals surface area contributed by atoms with Crippen LogP contribution in [-0.4, -0.2) is 11.6 Å². The fraction of sp³-hybridized carbons (Fsp3) is 0.600. The molecule has 0 bridgehead atoms. The van der Waals surface area contributed by atoms with E-state index in [1.165, 1.54) is 0 Å². The van der Waals surface area contributed by atoms with Crippen LogP contribution in [0.3, 0.4) is 0 Å². The van der Waals surface area contributed by atoms with E-state index in [9.17, 15) is 9.59 Å². The number of hydrogen-bond acceptors (Lipinski definition) is 2. The lowest BCUT2D eigenvalue weighted by Crippen LogP contribution is -1.84. The average Bonchev–Trinajstić information content (AvgIpc) is 2.40. The summed E-state index contributed by atoms with van der Waals surface area (Å²) in [5, 5.41) is 0. The van der Waals surface area contributed by atoms with Crippen LogP contribution in [0.2, 0.25) is 0 Å². The predicted molar refractivity (Wildman–Crippen MR) is 49.0 cm³/mol. The molecule has 0 N–H and O–H groups in total. The second kappa shape index (κ2) is 6.77. The van der Waals surface area contributed by atoms with E-state index >= 15 is 0 Å². The molecule has 0 saturated heterocycles. The third-order valence-electron chi connectivity index (χ3n) is 1.46. The van der Waals surface area contributed by atoms with Gasteiger partial charge in [-0.2, -0.15) is 0 Å². The molecule has 2 nitrogen and oxygen atoms in total. The molecular weight excluding hydrogens is 152 g/mol. The summed E-state index contributed by atoms with van der Waals surface area (Å²) in [4.78, 5) is 20.2. The Hall–Kier alpha value is -0.920. The first-order chi connectivity index (χ1) is 5.66. The molecule has 12 heavy (non-hydrogen) atoms. The molecule has 0 aliphatic heterocycles. The number of allylic oxidation sites excluding steroid dienone is 2. The lowest BCUT2D eigenvalue weighted by Gasteiger charge is -1.80. The van der Waals surface area contributed by atoms with E-state index in [1.807, 2.05) is 13.0 Å². The molecule has 0 atom stereocenters. The number of carbonyl (C=O) groups excluding carboxylic acids is 2. The molecular formula is C10H16O2. The zero-order valence-corrected chi connectivity index (χ0v) is 7.80. The van der Waals surface area contributed by atoms with Gasteiger partial charge in [-0.05, 0) is 25.8 Å². The van der Waals surface area contributed by atoms with E-state index in [2.05, 4.69) is 0 Å². The van der Waals surface area contributed by atoms with Crippen LogP contribution in [0.25, 0.3) is 0 Å². The molecule has 0 spiro atoms. The molecule has 0 unspecified atom stereocenters. The Balaban J connectivity index is 0.000000202. The zero-order valence-electron chi connectivity index (χ0n) is 7.80. The number of hydrogen-bond donors (Lipinski definition) is 0. The summed E-state index contributed by atoms with van der Waals surface area (Å²) in [5.74, 6) is 0.563. The molecule has 1 aliphatic rings. The van der Waals surface area contributed by atoms with Crippen molar-refractivity contribution < 1.29 is 9.59 Å². The summed E-state index contributed by atoms with van der Waals surface area (Å²) in [5.41, 5.74) is 0. The van der Waals surface area contributed by atoms with E-state index < -0.39 is 0 Å². The summed E-state index contributed by atoms with van der Waals surface area (Å²) >= 11 is 0. The number of ketones is 2. The van der Waals surface area contributed by atoms with Gasteiger partial charge >= 0.3 is 0 Å². The highest BCUT2D eigenvalue weighted by molar-refractivity contribution is 5.91. The topological polar surface area (TPSA) is 34.1 Å². The Morgan fingerprint density at radius 1 is 1.58 bits per heavy atom. The van der Waals surface area contributed by atoms with E-state index in [-0.39, 0.29) is 11.6 Å². The molecule has 0 aromatic carbocycles. The van der Waals surface area contributed by atoms with E-state index in [4.69, 9.17) is 0 Å². The molecule has 1 aliphatic carbocycles. The normalized spacial score (nSPS) is 14.0. The van der Waals surface area contributed by atoms with Crippen molar-refractivity contribution in [3.63, 3.8) is 0 Å². The van der Waals surface area contributed by atoms with Gasteiger partial charge in [0.15, 0.2) is 5.78 Å². The van der Waals surface area contributed by atoms with Gasteiger partial charge in [0.05, 0.1) is 0 Å². The van der Waals surface area contributed by atoms with Crippen molar-refractivity contribution in [3.8, 4) is 0 Å².